The van der Waals surface area contributed by atoms with Crippen molar-refractivity contribution >= 4 is 23.0 Å². The zero-order chi connectivity index (χ0) is 15.5. The Bertz CT molecular complexity index is 716. The van der Waals surface area contributed by atoms with Crippen LogP contribution in [0.2, 0.25) is 0 Å². The van der Waals surface area contributed by atoms with Crippen LogP contribution in [0.25, 0.3) is 0 Å². The molecular weight excluding hydrogens is 296 g/mol. The monoisotopic (exact) mass is 314 g/mol. The van der Waals surface area contributed by atoms with E-state index < -0.39 is 0 Å². The van der Waals surface area contributed by atoms with E-state index in [-0.39, 0.29) is 0 Å². The van der Waals surface area contributed by atoms with Gasteiger partial charge in [-0.05, 0) is 61.0 Å². The molecule has 0 saturated heterocycles. The van der Waals surface area contributed by atoms with E-state index in [1.165, 1.54) is 11.1 Å². The van der Waals surface area contributed by atoms with Crippen LogP contribution in [0.1, 0.15) is 16.7 Å². The summed E-state index contributed by atoms with van der Waals surface area (Å²) in [4.78, 5) is 0. The lowest BCUT2D eigenvalue weighted by atomic mass is 10.1. The molecule has 0 fully saturated rings. The van der Waals surface area contributed by atoms with Crippen LogP contribution in [-0.4, -0.2) is 11.9 Å². The van der Waals surface area contributed by atoms with Gasteiger partial charge in [0.25, 0.3) is 0 Å². The van der Waals surface area contributed by atoms with Crippen molar-refractivity contribution in [1.29, 1.82) is 0 Å². The highest BCUT2D eigenvalue weighted by atomic mass is 32.1. The minimum atomic E-state index is 0.290. The first-order valence-corrected chi connectivity index (χ1v) is 7.54. The molecule has 1 heterocycles. The predicted molar refractivity (Wildman–Crippen MR) is 91.5 cm³/mol. The highest BCUT2D eigenvalue weighted by Gasteiger charge is 2.13. The average molecular weight is 314 g/mol. The van der Waals surface area contributed by atoms with Crippen molar-refractivity contribution in [2.45, 2.75) is 20.4 Å². The van der Waals surface area contributed by atoms with Gasteiger partial charge in [-0.3, -0.25) is 0 Å². The number of hydrogen-bond donors (Lipinski definition) is 2. The van der Waals surface area contributed by atoms with E-state index in [2.05, 4.69) is 30.5 Å². The van der Waals surface area contributed by atoms with Gasteiger partial charge in [0.1, 0.15) is 0 Å². The maximum atomic E-state index is 5.37. The number of nitrogens with one attached hydrogen (secondary N) is 2. The maximum absolute atomic E-state index is 5.37. The SMILES string of the molecule is Cc1cccc(NC(=S)NCc2ccc3c(c2)OCO3)c1C. The van der Waals surface area contributed by atoms with Crippen molar-refractivity contribution in [1.82, 2.24) is 5.32 Å². The number of hydrogen-bond acceptors (Lipinski definition) is 3. The van der Waals surface area contributed by atoms with Crippen molar-refractivity contribution in [2.75, 3.05) is 12.1 Å². The Labute approximate surface area is 135 Å². The van der Waals surface area contributed by atoms with E-state index in [9.17, 15) is 0 Å². The molecule has 1 aliphatic heterocycles. The number of thiocarbonyl (C=S) groups is 1. The third kappa shape index (κ3) is 3.14. The minimum absolute atomic E-state index is 0.290. The van der Waals surface area contributed by atoms with Gasteiger partial charge in [-0.25, -0.2) is 0 Å². The van der Waals surface area contributed by atoms with E-state index in [4.69, 9.17) is 21.7 Å². The summed E-state index contributed by atoms with van der Waals surface area (Å²) in [6.07, 6.45) is 0. The Balaban J connectivity index is 1.59. The number of anilines is 1. The number of rotatable bonds is 3. The molecule has 0 spiro atoms. The normalized spacial score (nSPS) is 12.1. The summed E-state index contributed by atoms with van der Waals surface area (Å²) in [5.74, 6) is 1.58. The molecule has 0 atom stereocenters. The lowest BCUT2D eigenvalue weighted by molar-refractivity contribution is 0.174. The van der Waals surface area contributed by atoms with E-state index in [1.807, 2.05) is 30.3 Å². The average Bonchev–Trinajstić information content (AvgIpc) is 2.97. The van der Waals surface area contributed by atoms with Gasteiger partial charge < -0.3 is 20.1 Å². The predicted octanol–water partition coefficient (Wildman–Crippen LogP) is 3.52. The van der Waals surface area contributed by atoms with E-state index in [0.717, 1.165) is 22.7 Å². The van der Waals surface area contributed by atoms with Gasteiger partial charge in [0.15, 0.2) is 16.6 Å². The molecule has 2 N–H and O–H groups in total. The van der Waals surface area contributed by atoms with E-state index >= 15 is 0 Å². The standard InChI is InChI=1S/C17H18N2O2S/c1-11-4-3-5-14(12(11)2)19-17(22)18-9-13-6-7-15-16(8-13)21-10-20-15/h3-8H,9-10H2,1-2H3,(H2,18,19,22). The topological polar surface area (TPSA) is 42.5 Å². The molecule has 114 valence electrons. The number of benzene rings is 2. The summed E-state index contributed by atoms with van der Waals surface area (Å²) in [5, 5.41) is 7.05. The summed E-state index contributed by atoms with van der Waals surface area (Å²) in [7, 11) is 0. The first kappa shape index (κ1) is 14.7. The second-order valence-corrected chi connectivity index (χ2v) is 5.65. The van der Waals surface area contributed by atoms with Gasteiger partial charge >= 0.3 is 0 Å². The first-order valence-electron chi connectivity index (χ1n) is 7.13. The largest absolute Gasteiger partial charge is 0.454 e. The van der Waals surface area contributed by atoms with Gasteiger partial charge in [0, 0.05) is 12.2 Å². The summed E-state index contributed by atoms with van der Waals surface area (Å²) in [6.45, 7) is 5.09. The zero-order valence-electron chi connectivity index (χ0n) is 12.6. The van der Waals surface area contributed by atoms with Crippen LogP contribution >= 0.6 is 12.2 Å². The molecule has 4 nitrogen and oxygen atoms in total. The van der Waals surface area contributed by atoms with Crippen molar-refractivity contribution in [3.63, 3.8) is 0 Å². The van der Waals surface area contributed by atoms with Crippen molar-refractivity contribution < 1.29 is 9.47 Å². The van der Waals surface area contributed by atoms with Crippen LogP contribution < -0.4 is 20.1 Å². The second kappa shape index (κ2) is 6.23. The fourth-order valence-electron chi connectivity index (χ4n) is 2.29. The molecule has 22 heavy (non-hydrogen) atoms. The molecule has 5 heteroatoms. The fraction of sp³-hybridized carbons (Fsp3) is 0.235. The third-order valence-corrected chi connectivity index (χ3v) is 3.99. The molecule has 0 bridgehead atoms. The molecule has 0 amide bonds. The third-order valence-electron chi connectivity index (χ3n) is 3.74. The van der Waals surface area contributed by atoms with Gasteiger partial charge in [-0.2, -0.15) is 0 Å². The van der Waals surface area contributed by atoms with E-state index in [0.29, 0.717) is 18.5 Å². The quantitative estimate of drug-likeness (QED) is 0.849. The van der Waals surface area contributed by atoms with Gasteiger partial charge in [0.05, 0.1) is 0 Å². The maximum Gasteiger partial charge on any atom is 0.231 e. The van der Waals surface area contributed by atoms with Crippen molar-refractivity contribution in [3.05, 3.63) is 53.1 Å². The Morgan fingerprint density at radius 2 is 1.95 bits per heavy atom. The highest BCUT2D eigenvalue weighted by molar-refractivity contribution is 7.80. The Morgan fingerprint density at radius 3 is 2.82 bits per heavy atom. The highest BCUT2D eigenvalue weighted by Crippen LogP contribution is 2.32. The van der Waals surface area contributed by atoms with Gasteiger partial charge in [-0.1, -0.05) is 18.2 Å². The smallest absolute Gasteiger partial charge is 0.231 e. The molecular formula is C17H18N2O2S. The summed E-state index contributed by atoms with van der Waals surface area (Å²) in [5.41, 5.74) is 4.57. The summed E-state index contributed by atoms with van der Waals surface area (Å²) in [6, 6.07) is 12.0. The van der Waals surface area contributed by atoms with Crippen molar-refractivity contribution in [2.24, 2.45) is 0 Å². The molecule has 3 rings (SSSR count). The Hall–Kier alpha value is -2.27. The number of aryl methyl sites for hydroxylation is 1. The molecule has 2 aromatic rings. The number of fused-ring (bicyclic) bond motifs is 1. The van der Waals surface area contributed by atoms with Crippen LogP contribution in [0.4, 0.5) is 5.69 Å². The van der Waals surface area contributed by atoms with Crippen LogP contribution in [-0.2, 0) is 6.54 Å². The van der Waals surface area contributed by atoms with E-state index in [1.54, 1.807) is 0 Å². The number of ether oxygens (including phenoxy) is 2. The van der Waals surface area contributed by atoms with Crippen molar-refractivity contribution in [3.8, 4) is 11.5 Å². The van der Waals surface area contributed by atoms with Crippen LogP contribution in [0, 0.1) is 13.8 Å². The molecule has 2 aromatic carbocycles. The molecule has 0 aromatic heterocycles. The lowest BCUT2D eigenvalue weighted by Gasteiger charge is -2.14. The minimum Gasteiger partial charge on any atom is -0.454 e. The Morgan fingerprint density at radius 1 is 1.14 bits per heavy atom. The zero-order valence-corrected chi connectivity index (χ0v) is 13.4. The molecule has 0 aliphatic carbocycles. The fourth-order valence-corrected chi connectivity index (χ4v) is 2.47. The summed E-state index contributed by atoms with van der Waals surface area (Å²) >= 11 is 5.36. The first-order chi connectivity index (χ1) is 10.6. The van der Waals surface area contributed by atoms with Gasteiger partial charge in [-0.15, -0.1) is 0 Å². The Kier molecular flexibility index (Phi) is 4.15. The van der Waals surface area contributed by atoms with Gasteiger partial charge in [0.2, 0.25) is 6.79 Å². The van der Waals surface area contributed by atoms with Crippen LogP contribution in [0.15, 0.2) is 36.4 Å². The summed E-state index contributed by atoms with van der Waals surface area (Å²) < 4.78 is 10.7. The molecule has 0 saturated carbocycles. The second-order valence-electron chi connectivity index (χ2n) is 5.24. The molecule has 1 aliphatic rings. The molecule has 0 radical (unpaired) electrons. The molecule has 0 unspecified atom stereocenters. The van der Waals surface area contributed by atoms with Crippen LogP contribution in [0.5, 0.6) is 11.5 Å². The lowest BCUT2D eigenvalue weighted by Crippen LogP contribution is -2.28. The van der Waals surface area contributed by atoms with Crippen LogP contribution in [0.3, 0.4) is 0 Å².